The molecule has 0 spiro atoms. The maximum atomic E-state index is 11.3. The minimum absolute atomic E-state index is 0.129. The Morgan fingerprint density at radius 2 is 1.83 bits per heavy atom. The Hall–Kier alpha value is -2.28. The molecule has 3 aromatic rings. The molecule has 5 nitrogen and oxygen atoms in total. The summed E-state index contributed by atoms with van der Waals surface area (Å²) >= 11 is 0. The van der Waals surface area contributed by atoms with Crippen molar-refractivity contribution < 1.29 is 9.32 Å². The van der Waals surface area contributed by atoms with Gasteiger partial charge in [0.1, 0.15) is 11.0 Å². The van der Waals surface area contributed by atoms with E-state index in [1.54, 1.807) is 16.8 Å². The fourth-order valence-electron chi connectivity index (χ4n) is 2.63. The molecule has 1 heterocycles. The molecule has 3 rings (SSSR count). The number of nitrogens with zero attached hydrogens (tertiary/aromatic N) is 2. The van der Waals surface area contributed by atoms with Gasteiger partial charge >= 0.3 is 0 Å². The number of benzene rings is 2. The van der Waals surface area contributed by atoms with E-state index in [1.165, 1.54) is 0 Å². The monoisotopic (exact) mass is 341 g/mol. The summed E-state index contributed by atoms with van der Waals surface area (Å²) in [6, 6.07) is 15.2. The van der Waals surface area contributed by atoms with Gasteiger partial charge in [0.05, 0.1) is 28.6 Å². The fourth-order valence-corrected chi connectivity index (χ4v) is 3.03. The maximum absolute atomic E-state index is 11.3. The summed E-state index contributed by atoms with van der Waals surface area (Å²) in [5.41, 5.74) is 5.67. The quantitative estimate of drug-likeness (QED) is 0.765. The van der Waals surface area contributed by atoms with Crippen LogP contribution in [0.4, 0.5) is 0 Å². The molecule has 0 aliphatic rings. The van der Waals surface area contributed by atoms with Crippen LogP contribution in [0, 0.1) is 13.8 Å². The van der Waals surface area contributed by atoms with E-state index in [1.807, 2.05) is 32.0 Å². The molecule has 0 saturated heterocycles. The van der Waals surface area contributed by atoms with Crippen molar-refractivity contribution in [1.82, 2.24) is 9.78 Å². The lowest BCUT2D eigenvalue weighted by Gasteiger charge is -2.11. The van der Waals surface area contributed by atoms with E-state index in [4.69, 9.17) is 5.14 Å². The van der Waals surface area contributed by atoms with Crippen molar-refractivity contribution >= 4 is 11.0 Å². The minimum Gasteiger partial charge on any atom is -0.390 e. The summed E-state index contributed by atoms with van der Waals surface area (Å²) in [7, 11) is -1.51. The van der Waals surface area contributed by atoms with Crippen LogP contribution < -0.4 is 5.14 Å². The standard InChI is InChI=1S/C18H19N3O2S/c1-12-3-4-13(2)17(9-12)18-10-14(11-22)20-21(18)15-5-7-16(8-6-15)24(19)23/h3-10,22H,11,19H2,1-2H3. The number of aromatic nitrogens is 2. The lowest BCUT2D eigenvalue weighted by Crippen LogP contribution is -2.04. The molecular weight excluding hydrogens is 322 g/mol. The Labute approximate surface area is 143 Å². The lowest BCUT2D eigenvalue weighted by atomic mass is 10.0. The molecular formula is C18H19N3O2S. The van der Waals surface area contributed by atoms with Crippen molar-refractivity contribution in [3.8, 4) is 16.9 Å². The number of nitrogens with two attached hydrogens (primary N) is 1. The second-order valence-electron chi connectivity index (χ2n) is 5.70. The Bertz CT molecular complexity index is 901. The van der Waals surface area contributed by atoms with Crippen molar-refractivity contribution in [2.24, 2.45) is 5.14 Å². The van der Waals surface area contributed by atoms with Crippen LogP contribution in [0.3, 0.4) is 0 Å². The lowest BCUT2D eigenvalue weighted by molar-refractivity contribution is 0.276. The van der Waals surface area contributed by atoms with Crippen molar-refractivity contribution in [3.05, 3.63) is 65.4 Å². The predicted molar refractivity (Wildman–Crippen MR) is 95.0 cm³/mol. The Kier molecular flexibility index (Phi) is 4.62. The average Bonchev–Trinajstić information content (AvgIpc) is 3.01. The molecule has 0 fully saturated rings. The first kappa shape index (κ1) is 16.6. The van der Waals surface area contributed by atoms with E-state index < -0.39 is 11.0 Å². The van der Waals surface area contributed by atoms with Crippen LogP contribution in [0.25, 0.3) is 16.9 Å². The smallest absolute Gasteiger partial charge is 0.122 e. The van der Waals surface area contributed by atoms with Crippen molar-refractivity contribution in [2.75, 3.05) is 0 Å². The fraction of sp³-hybridized carbons (Fsp3) is 0.167. The van der Waals surface area contributed by atoms with E-state index in [9.17, 15) is 9.32 Å². The molecule has 0 radical (unpaired) electrons. The van der Waals surface area contributed by atoms with Crippen LogP contribution in [0.1, 0.15) is 16.8 Å². The zero-order valence-corrected chi connectivity index (χ0v) is 14.4. The summed E-state index contributed by atoms with van der Waals surface area (Å²) < 4.78 is 13.1. The zero-order chi connectivity index (χ0) is 17.3. The van der Waals surface area contributed by atoms with E-state index in [0.29, 0.717) is 10.6 Å². The average molecular weight is 341 g/mol. The first-order chi connectivity index (χ1) is 11.5. The third-order valence-corrected chi connectivity index (χ3v) is 4.64. The highest BCUT2D eigenvalue weighted by atomic mass is 32.2. The highest BCUT2D eigenvalue weighted by Crippen LogP contribution is 2.28. The second kappa shape index (κ2) is 6.68. The second-order valence-corrected chi connectivity index (χ2v) is 6.77. The highest BCUT2D eigenvalue weighted by Gasteiger charge is 2.14. The van der Waals surface area contributed by atoms with E-state index >= 15 is 0 Å². The normalized spacial score (nSPS) is 12.3. The van der Waals surface area contributed by atoms with Crippen LogP contribution in [0.5, 0.6) is 0 Å². The predicted octanol–water partition coefficient (Wildman–Crippen LogP) is 2.63. The molecule has 2 aromatic carbocycles. The summed E-state index contributed by atoms with van der Waals surface area (Å²) in [6.45, 7) is 3.96. The van der Waals surface area contributed by atoms with Crippen molar-refractivity contribution in [3.63, 3.8) is 0 Å². The maximum Gasteiger partial charge on any atom is 0.122 e. The van der Waals surface area contributed by atoms with Gasteiger partial charge in [-0.3, -0.25) is 0 Å². The van der Waals surface area contributed by atoms with Gasteiger partial charge in [-0.1, -0.05) is 17.7 Å². The van der Waals surface area contributed by atoms with Crippen LogP contribution in [0.2, 0.25) is 0 Å². The molecule has 1 atom stereocenters. The van der Waals surface area contributed by atoms with Crippen LogP contribution >= 0.6 is 0 Å². The number of aliphatic hydroxyl groups is 1. The van der Waals surface area contributed by atoms with Gasteiger partial charge in [0.15, 0.2) is 0 Å². The molecule has 1 unspecified atom stereocenters. The molecule has 24 heavy (non-hydrogen) atoms. The summed E-state index contributed by atoms with van der Waals surface area (Å²) in [5, 5.41) is 19.4. The van der Waals surface area contributed by atoms with Gasteiger partial charge in [0, 0.05) is 5.56 Å². The van der Waals surface area contributed by atoms with Crippen LogP contribution in [-0.4, -0.2) is 19.1 Å². The van der Waals surface area contributed by atoms with Gasteiger partial charge < -0.3 is 5.11 Å². The van der Waals surface area contributed by atoms with Crippen LogP contribution in [0.15, 0.2) is 53.4 Å². The SMILES string of the molecule is Cc1ccc(C)c(-c2cc(CO)nn2-c2ccc(S(N)=O)cc2)c1. The number of aryl methyl sites for hydroxylation is 2. The Morgan fingerprint density at radius 1 is 1.12 bits per heavy atom. The van der Waals surface area contributed by atoms with Gasteiger partial charge in [-0.2, -0.15) is 5.10 Å². The molecule has 0 saturated carbocycles. The van der Waals surface area contributed by atoms with Crippen molar-refractivity contribution in [1.29, 1.82) is 0 Å². The van der Waals surface area contributed by atoms with Gasteiger partial charge in [-0.05, 0) is 55.8 Å². The van der Waals surface area contributed by atoms with Gasteiger partial charge in [-0.25, -0.2) is 14.0 Å². The first-order valence-electron chi connectivity index (χ1n) is 7.53. The minimum atomic E-state index is -1.51. The Morgan fingerprint density at radius 3 is 2.46 bits per heavy atom. The van der Waals surface area contributed by atoms with E-state index in [2.05, 4.69) is 23.3 Å². The van der Waals surface area contributed by atoms with Crippen molar-refractivity contribution in [2.45, 2.75) is 25.3 Å². The third-order valence-electron chi connectivity index (χ3n) is 3.90. The largest absolute Gasteiger partial charge is 0.390 e. The molecule has 0 amide bonds. The molecule has 1 aromatic heterocycles. The Balaban J connectivity index is 2.16. The number of aliphatic hydroxyl groups excluding tert-OH is 1. The van der Waals surface area contributed by atoms with Crippen LogP contribution in [-0.2, 0) is 17.6 Å². The number of rotatable bonds is 4. The topological polar surface area (TPSA) is 81.1 Å². The summed E-state index contributed by atoms with van der Waals surface area (Å²) in [6.07, 6.45) is 0. The highest BCUT2D eigenvalue weighted by molar-refractivity contribution is 7.82. The van der Waals surface area contributed by atoms with E-state index in [0.717, 1.165) is 28.1 Å². The molecule has 0 aliphatic heterocycles. The number of hydrogen-bond acceptors (Lipinski definition) is 3. The van der Waals surface area contributed by atoms with Gasteiger partial charge in [0.2, 0.25) is 0 Å². The molecule has 0 bridgehead atoms. The third kappa shape index (κ3) is 3.17. The summed E-state index contributed by atoms with van der Waals surface area (Å²) in [4.78, 5) is 0.557. The summed E-state index contributed by atoms with van der Waals surface area (Å²) in [5.74, 6) is 0. The van der Waals surface area contributed by atoms with Gasteiger partial charge in [-0.15, -0.1) is 0 Å². The first-order valence-corrected chi connectivity index (χ1v) is 8.75. The molecule has 0 aliphatic carbocycles. The molecule has 3 N–H and O–H groups in total. The van der Waals surface area contributed by atoms with Gasteiger partial charge in [0.25, 0.3) is 0 Å². The number of hydrogen-bond donors (Lipinski definition) is 2. The van der Waals surface area contributed by atoms with E-state index in [-0.39, 0.29) is 6.61 Å². The molecule has 6 heteroatoms. The zero-order valence-electron chi connectivity index (χ0n) is 13.6. The molecule has 124 valence electrons.